The molecule has 29 heavy (non-hydrogen) atoms. The fourth-order valence-electron chi connectivity index (χ4n) is 2.22. The van der Waals surface area contributed by atoms with Crippen molar-refractivity contribution < 1.29 is 24.2 Å². The third-order valence-electron chi connectivity index (χ3n) is 3.55. The summed E-state index contributed by atoms with van der Waals surface area (Å²) < 4.78 is 10.7. The molecule has 3 rings (SSSR count). The zero-order valence-corrected chi connectivity index (χ0v) is 14.7. The summed E-state index contributed by atoms with van der Waals surface area (Å²) in [5.74, 6) is -1.07. The van der Waals surface area contributed by atoms with Gasteiger partial charge in [-0.05, 0) is 16.4 Å². The third kappa shape index (κ3) is 3.98. The average Bonchev–Trinajstić information content (AvgIpc) is 3.29. The SMILES string of the molecule is COCc1c(C(=O)N/N=C/c2cc([N+](=O)[O-])ccc2O)nnn1-c1nonc1N. The smallest absolute Gasteiger partial charge is 0.293 e. The lowest BCUT2D eigenvalue weighted by Crippen LogP contribution is -2.20. The van der Waals surface area contributed by atoms with Gasteiger partial charge in [0.25, 0.3) is 11.6 Å². The van der Waals surface area contributed by atoms with E-state index in [2.05, 4.69) is 35.8 Å². The Balaban J connectivity index is 1.82. The number of nitrogens with one attached hydrogen (secondary N) is 1. The van der Waals surface area contributed by atoms with E-state index in [1.807, 2.05) is 0 Å². The largest absolute Gasteiger partial charge is 0.507 e. The number of hydrazone groups is 1. The lowest BCUT2D eigenvalue weighted by Gasteiger charge is -2.04. The quantitative estimate of drug-likeness (QED) is 0.266. The van der Waals surface area contributed by atoms with Gasteiger partial charge < -0.3 is 15.6 Å². The zero-order chi connectivity index (χ0) is 21.0. The lowest BCUT2D eigenvalue weighted by molar-refractivity contribution is -0.384. The summed E-state index contributed by atoms with van der Waals surface area (Å²) in [5, 5.41) is 38.8. The second-order valence-corrected chi connectivity index (χ2v) is 5.40. The zero-order valence-electron chi connectivity index (χ0n) is 14.7. The monoisotopic (exact) mass is 403 g/mol. The number of nitro benzene ring substituents is 1. The Labute approximate surface area is 160 Å². The summed E-state index contributed by atoms with van der Waals surface area (Å²) in [4.78, 5) is 22.6. The van der Waals surface area contributed by atoms with Gasteiger partial charge in [-0.2, -0.15) is 9.78 Å². The van der Waals surface area contributed by atoms with E-state index in [0.717, 1.165) is 29.1 Å². The maximum Gasteiger partial charge on any atom is 0.293 e. The minimum Gasteiger partial charge on any atom is -0.507 e. The normalized spacial score (nSPS) is 11.1. The van der Waals surface area contributed by atoms with Crippen molar-refractivity contribution in [3.63, 3.8) is 0 Å². The summed E-state index contributed by atoms with van der Waals surface area (Å²) in [7, 11) is 1.40. The molecule has 1 aromatic carbocycles. The van der Waals surface area contributed by atoms with Crippen molar-refractivity contribution in [3.05, 3.63) is 45.3 Å². The van der Waals surface area contributed by atoms with Gasteiger partial charge in [-0.3, -0.25) is 14.9 Å². The Morgan fingerprint density at radius 3 is 2.97 bits per heavy atom. The van der Waals surface area contributed by atoms with Crippen molar-refractivity contribution in [1.82, 2.24) is 30.7 Å². The molecule has 3 aromatic rings. The molecular weight excluding hydrogens is 390 g/mol. The summed E-state index contributed by atoms with van der Waals surface area (Å²) in [6.07, 6.45) is 1.04. The fraction of sp³-hybridized carbons (Fsp3) is 0.143. The Morgan fingerprint density at radius 2 is 2.31 bits per heavy atom. The molecule has 1 amide bonds. The predicted octanol–water partition coefficient (Wildman–Crippen LogP) is -0.243. The number of nitrogens with two attached hydrogens (primary N) is 1. The number of nitro groups is 1. The fourth-order valence-corrected chi connectivity index (χ4v) is 2.22. The van der Waals surface area contributed by atoms with Crippen molar-refractivity contribution in [2.24, 2.45) is 5.10 Å². The number of rotatable bonds is 7. The van der Waals surface area contributed by atoms with Crippen LogP contribution in [0, 0.1) is 10.1 Å². The maximum atomic E-state index is 12.4. The number of phenolic OH excluding ortho intramolecular Hbond substituents is 1. The van der Waals surface area contributed by atoms with Gasteiger partial charge in [0.1, 0.15) is 11.4 Å². The van der Waals surface area contributed by atoms with E-state index in [4.69, 9.17) is 10.5 Å². The number of methoxy groups -OCH3 is 1. The van der Waals surface area contributed by atoms with Crippen LogP contribution < -0.4 is 11.2 Å². The standard InChI is InChI=1S/C14H13N9O6/c1-28-6-9-11(17-21-22(9)13-12(15)19-29-20-13)14(25)18-16-5-7-4-8(23(26)27)2-3-10(7)24/h2-5,24H,6H2,1H3,(H2,15,19)(H,18,25)/b16-5+. The van der Waals surface area contributed by atoms with Crippen LogP contribution in [0.1, 0.15) is 21.7 Å². The molecule has 0 saturated heterocycles. The number of hydrogen-bond acceptors (Lipinski definition) is 12. The highest BCUT2D eigenvalue weighted by atomic mass is 16.6. The number of nitrogen functional groups attached to an aromatic ring is 1. The molecule has 0 spiro atoms. The summed E-state index contributed by atoms with van der Waals surface area (Å²) in [5.41, 5.74) is 7.64. The van der Waals surface area contributed by atoms with Gasteiger partial charge in [0, 0.05) is 24.8 Å². The number of amides is 1. The molecule has 0 aliphatic rings. The van der Waals surface area contributed by atoms with Crippen LogP contribution in [0.15, 0.2) is 27.9 Å². The number of carbonyl (C=O) groups is 1. The molecule has 2 aromatic heterocycles. The first kappa shape index (κ1) is 19.4. The molecule has 15 nitrogen and oxygen atoms in total. The van der Waals surface area contributed by atoms with E-state index in [0.29, 0.717) is 0 Å². The van der Waals surface area contributed by atoms with Crippen LogP contribution in [0.4, 0.5) is 11.5 Å². The number of ether oxygens (including phenoxy) is 1. The Kier molecular flexibility index (Phi) is 5.40. The van der Waals surface area contributed by atoms with Gasteiger partial charge in [0.05, 0.1) is 17.7 Å². The van der Waals surface area contributed by atoms with Crippen LogP contribution in [-0.4, -0.2) is 54.6 Å². The summed E-state index contributed by atoms with van der Waals surface area (Å²) in [6, 6.07) is 3.36. The molecule has 150 valence electrons. The van der Waals surface area contributed by atoms with Crippen molar-refractivity contribution in [1.29, 1.82) is 0 Å². The van der Waals surface area contributed by atoms with E-state index in [-0.39, 0.29) is 46.6 Å². The molecule has 0 unspecified atom stereocenters. The number of nitrogens with zero attached hydrogens (tertiary/aromatic N) is 7. The highest BCUT2D eigenvalue weighted by Gasteiger charge is 2.23. The van der Waals surface area contributed by atoms with Gasteiger partial charge >= 0.3 is 0 Å². The van der Waals surface area contributed by atoms with Gasteiger partial charge in [-0.15, -0.1) is 5.10 Å². The Hall–Kier alpha value is -4.40. The first-order chi connectivity index (χ1) is 13.9. The molecule has 0 radical (unpaired) electrons. The molecule has 0 aliphatic carbocycles. The first-order valence-corrected chi connectivity index (χ1v) is 7.75. The predicted molar refractivity (Wildman–Crippen MR) is 94.2 cm³/mol. The molecular formula is C14H13N9O6. The van der Waals surface area contributed by atoms with Crippen molar-refractivity contribution in [2.45, 2.75) is 6.61 Å². The van der Waals surface area contributed by atoms with Gasteiger partial charge in [-0.1, -0.05) is 5.21 Å². The number of carbonyl (C=O) groups excluding carboxylic acids is 1. The molecule has 0 atom stereocenters. The van der Waals surface area contributed by atoms with E-state index in [1.54, 1.807) is 0 Å². The highest BCUT2D eigenvalue weighted by Crippen LogP contribution is 2.21. The van der Waals surface area contributed by atoms with Gasteiger partial charge in [0.2, 0.25) is 11.6 Å². The number of aromatic hydroxyl groups is 1. The van der Waals surface area contributed by atoms with Gasteiger partial charge in [0.15, 0.2) is 5.69 Å². The Morgan fingerprint density at radius 1 is 1.52 bits per heavy atom. The van der Waals surface area contributed by atoms with Gasteiger partial charge in [-0.25, -0.2) is 10.1 Å². The third-order valence-corrected chi connectivity index (χ3v) is 3.55. The van der Waals surface area contributed by atoms with Crippen molar-refractivity contribution >= 4 is 23.6 Å². The molecule has 15 heteroatoms. The van der Waals surface area contributed by atoms with E-state index in [9.17, 15) is 20.0 Å². The first-order valence-electron chi connectivity index (χ1n) is 7.75. The molecule has 0 bridgehead atoms. The minimum atomic E-state index is -0.764. The molecule has 0 saturated carbocycles. The number of benzene rings is 1. The van der Waals surface area contributed by atoms with E-state index in [1.165, 1.54) is 7.11 Å². The lowest BCUT2D eigenvalue weighted by atomic mass is 10.2. The van der Waals surface area contributed by atoms with Crippen LogP contribution in [0.5, 0.6) is 5.75 Å². The topological polar surface area (TPSA) is 210 Å². The van der Waals surface area contributed by atoms with E-state index < -0.39 is 10.8 Å². The van der Waals surface area contributed by atoms with Crippen LogP contribution in [0.3, 0.4) is 0 Å². The summed E-state index contributed by atoms with van der Waals surface area (Å²) in [6.45, 7) is -0.0720. The van der Waals surface area contributed by atoms with Crippen LogP contribution in [0.2, 0.25) is 0 Å². The second-order valence-electron chi connectivity index (χ2n) is 5.40. The number of phenols is 1. The molecule has 4 N–H and O–H groups in total. The minimum absolute atomic E-state index is 0.0219. The highest BCUT2D eigenvalue weighted by molar-refractivity contribution is 5.94. The van der Waals surface area contributed by atoms with Crippen LogP contribution >= 0.6 is 0 Å². The number of anilines is 1. The van der Waals surface area contributed by atoms with E-state index >= 15 is 0 Å². The van der Waals surface area contributed by atoms with Crippen LogP contribution in [-0.2, 0) is 11.3 Å². The molecule has 0 aliphatic heterocycles. The van der Waals surface area contributed by atoms with Crippen molar-refractivity contribution in [2.75, 3.05) is 12.8 Å². The van der Waals surface area contributed by atoms with Crippen LogP contribution in [0.25, 0.3) is 5.82 Å². The number of aromatic nitrogens is 5. The molecule has 2 heterocycles. The van der Waals surface area contributed by atoms with Crippen molar-refractivity contribution in [3.8, 4) is 11.6 Å². The second kappa shape index (κ2) is 8.09. The average molecular weight is 403 g/mol. The number of hydrogen-bond donors (Lipinski definition) is 3. The number of non-ortho nitro benzene ring substituents is 1. The molecule has 0 fully saturated rings. The maximum absolute atomic E-state index is 12.4. The summed E-state index contributed by atoms with van der Waals surface area (Å²) >= 11 is 0. The Bertz CT molecular complexity index is 1090.